The van der Waals surface area contributed by atoms with Crippen molar-refractivity contribution < 1.29 is 4.74 Å². The molecule has 0 fully saturated rings. The molecule has 1 heterocycles. The summed E-state index contributed by atoms with van der Waals surface area (Å²) in [5.41, 5.74) is 0. The predicted molar refractivity (Wildman–Crippen MR) is 82.4 cm³/mol. The average Bonchev–Trinajstić information content (AvgIpc) is 2.89. The smallest absolute Gasteiger partial charge is 0.193 e. The third kappa shape index (κ3) is 2.69. The van der Waals surface area contributed by atoms with Crippen LogP contribution in [0.2, 0.25) is 0 Å². The van der Waals surface area contributed by atoms with Gasteiger partial charge in [0.1, 0.15) is 12.4 Å². The normalized spacial score (nSPS) is 14.4. The van der Waals surface area contributed by atoms with Gasteiger partial charge in [0.15, 0.2) is 5.96 Å². The lowest BCUT2D eigenvalue weighted by Crippen LogP contribution is -2.37. The molecule has 0 atom stereocenters. The van der Waals surface area contributed by atoms with Crippen molar-refractivity contribution in [3.05, 3.63) is 42.5 Å². The summed E-state index contributed by atoms with van der Waals surface area (Å²) < 4.78 is 5.88. The highest BCUT2D eigenvalue weighted by Gasteiger charge is 2.10. The van der Waals surface area contributed by atoms with Crippen molar-refractivity contribution in [2.75, 3.05) is 33.3 Å². The van der Waals surface area contributed by atoms with Gasteiger partial charge >= 0.3 is 0 Å². The topological polar surface area (TPSA) is 36.9 Å². The van der Waals surface area contributed by atoms with Crippen LogP contribution in [0.15, 0.2) is 47.5 Å². The van der Waals surface area contributed by atoms with Crippen molar-refractivity contribution in [2.24, 2.45) is 4.99 Å². The molecule has 0 saturated heterocycles. The Hall–Kier alpha value is -2.23. The van der Waals surface area contributed by atoms with E-state index in [1.54, 1.807) is 0 Å². The van der Waals surface area contributed by atoms with Gasteiger partial charge < -0.3 is 15.0 Å². The summed E-state index contributed by atoms with van der Waals surface area (Å²) in [5, 5.41) is 5.66. The fourth-order valence-corrected chi connectivity index (χ4v) is 2.37. The number of guanidine groups is 1. The molecule has 1 N–H and O–H groups in total. The van der Waals surface area contributed by atoms with Crippen LogP contribution in [0.5, 0.6) is 5.75 Å². The number of rotatable bonds is 4. The first kappa shape index (κ1) is 12.8. The largest absolute Gasteiger partial charge is 0.491 e. The van der Waals surface area contributed by atoms with Crippen LogP contribution in [-0.4, -0.2) is 44.1 Å². The fourth-order valence-electron chi connectivity index (χ4n) is 2.37. The van der Waals surface area contributed by atoms with Gasteiger partial charge in [-0.05, 0) is 11.5 Å². The lowest BCUT2D eigenvalue weighted by atomic mass is 10.1. The molecule has 0 amide bonds. The Morgan fingerprint density at radius 1 is 1.20 bits per heavy atom. The zero-order chi connectivity index (χ0) is 13.8. The van der Waals surface area contributed by atoms with Gasteiger partial charge in [-0.1, -0.05) is 36.4 Å². The number of aliphatic imine (C=N–C) groups is 1. The van der Waals surface area contributed by atoms with Crippen LogP contribution < -0.4 is 10.1 Å². The highest BCUT2D eigenvalue weighted by Crippen LogP contribution is 2.24. The molecule has 104 valence electrons. The number of likely N-dealkylation sites (N-methyl/N-ethyl adjacent to an activating group) is 1. The van der Waals surface area contributed by atoms with Gasteiger partial charge in [0.2, 0.25) is 0 Å². The molecule has 2 aromatic carbocycles. The van der Waals surface area contributed by atoms with E-state index in [0.717, 1.165) is 36.7 Å². The van der Waals surface area contributed by atoms with Gasteiger partial charge in [-0.2, -0.15) is 0 Å². The number of nitrogens with zero attached hydrogens (tertiary/aromatic N) is 2. The van der Waals surface area contributed by atoms with Crippen LogP contribution >= 0.6 is 0 Å². The summed E-state index contributed by atoms with van der Waals surface area (Å²) in [4.78, 5) is 6.51. The highest BCUT2D eigenvalue weighted by molar-refractivity contribution is 5.88. The van der Waals surface area contributed by atoms with Crippen LogP contribution in [0, 0.1) is 0 Å². The third-order valence-corrected chi connectivity index (χ3v) is 3.45. The minimum Gasteiger partial charge on any atom is -0.491 e. The van der Waals surface area contributed by atoms with Gasteiger partial charge in [-0.3, -0.25) is 4.99 Å². The second kappa shape index (κ2) is 5.82. The van der Waals surface area contributed by atoms with E-state index >= 15 is 0 Å². The van der Waals surface area contributed by atoms with Gasteiger partial charge in [-0.15, -0.1) is 0 Å². The van der Waals surface area contributed by atoms with Crippen molar-refractivity contribution in [2.45, 2.75) is 0 Å². The minimum atomic E-state index is 0.626. The molecular formula is C16H19N3O. The maximum atomic E-state index is 5.88. The van der Waals surface area contributed by atoms with Crippen molar-refractivity contribution in [1.82, 2.24) is 10.2 Å². The first-order valence-corrected chi connectivity index (χ1v) is 6.94. The van der Waals surface area contributed by atoms with E-state index in [4.69, 9.17) is 4.74 Å². The standard InChI is InChI=1S/C16H19N3O/c1-19-11-9-17-16(19)18-10-12-20-15-8-4-6-13-5-2-3-7-14(13)15/h2-8H,9-12H2,1H3,(H,17,18). The third-order valence-electron chi connectivity index (χ3n) is 3.45. The van der Waals surface area contributed by atoms with E-state index in [2.05, 4.69) is 33.4 Å². The molecule has 4 heteroatoms. The number of hydrogen-bond donors (Lipinski definition) is 1. The molecule has 0 bridgehead atoms. The second-order valence-corrected chi connectivity index (χ2v) is 4.88. The molecule has 0 unspecified atom stereocenters. The second-order valence-electron chi connectivity index (χ2n) is 4.88. The lowest BCUT2D eigenvalue weighted by Gasteiger charge is -2.15. The predicted octanol–water partition coefficient (Wildman–Crippen LogP) is 2.11. The SMILES string of the molecule is CN1CCN=C1NCCOc1cccc2ccccc12. The van der Waals surface area contributed by atoms with E-state index in [1.165, 1.54) is 5.39 Å². The Bertz CT molecular complexity index is 619. The van der Waals surface area contributed by atoms with E-state index in [1.807, 2.05) is 31.3 Å². The molecular weight excluding hydrogens is 250 g/mol. The van der Waals surface area contributed by atoms with E-state index in [9.17, 15) is 0 Å². The van der Waals surface area contributed by atoms with Crippen LogP contribution in [0.4, 0.5) is 0 Å². The van der Waals surface area contributed by atoms with Crippen molar-refractivity contribution >= 4 is 16.7 Å². The number of fused-ring (bicyclic) bond motifs is 1. The van der Waals surface area contributed by atoms with Gasteiger partial charge in [-0.25, -0.2) is 0 Å². The Kier molecular flexibility index (Phi) is 3.72. The molecule has 0 radical (unpaired) electrons. The summed E-state index contributed by atoms with van der Waals surface area (Å²) in [5.74, 6) is 1.90. The summed E-state index contributed by atoms with van der Waals surface area (Å²) in [7, 11) is 2.05. The van der Waals surface area contributed by atoms with Gasteiger partial charge in [0.05, 0.1) is 13.1 Å². The van der Waals surface area contributed by atoms with Crippen LogP contribution in [0.25, 0.3) is 10.8 Å². The van der Waals surface area contributed by atoms with Gasteiger partial charge in [0, 0.05) is 19.0 Å². The molecule has 1 aliphatic heterocycles. The Morgan fingerprint density at radius 3 is 2.90 bits per heavy atom. The molecule has 1 aliphatic rings. The molecule has 2 aromatic rings. The Morgan fingerprint density at radius 2 is 2.05 bits per heavy atom. The van der Waals surface area contributed by atoms with Crippen LogP contribution in [0.3, 0.4) is 0 Å². The summed E-state index contributed by atoms with van der Waals surface area (Å²) in [6.45, 7) is 3.25. The van der Waals surface area contributed by atoms with Crippen LogP contribution in [-0.2, 0) is 0 Å². The number of hydrogen-bond acceptors (Lipinski definition) is 4. The maximum absolute atomic E-state index is 5.88. The van der Waals surface area contributed by atoms with Gasteiger partial charge in [0.25, 0.3) is 0 Å². The lowest BCUT2D eigenvalue weighted by molar-refractivity contribution is 0.324. The van der Waals surface area contributed by atoms with Crippen molar-refractivity contribution in [1.29, 1.82) is 0 Å². The van der Waals surface area contributed by atoms with E-state index < -0.39 is 0 Å². The Labute approximate surface area is 119 Å². The minimum absolute atomic E-state index is 0.626. The summed E-state index contributed by atoms with van der Waals surface area (Å²) >= 11 is 0. The molecule has 4 nitrogen and oxygen atoms in total. The average molecular weight is 269 g/mol. The van der Waals surface area contributed by atoms with Crippen molar-refractivity contribution in [3.8, 4) is 5.75 Å². The van der Waals surface area contributed by atoms with Crippen LogP contribution in [0.1, 0.15) is 0 Å². The first-order chi connectivity index (χ1) is 9.84. The van der Waals surface area contributed by atoms with Crippen molar-refractivity contribution in [3.63, 3.8) is 0 Å². The maximum Gasteiger partial charge on any atom is 0.193 e. The quantitative estimate of drug-likeness (QED) is 0.864. The molecule has 3 rings (SSSR count). The number of nitrogens with one attached hydrogen (secondary N) is 1. The van der Waals surface area contributed by atoms with E-state index in [0.29, 0.717) is 6.61 Å². The molecule has 0 saturated carbocycles. The van der Waals surface area contributed by atoms with E-state index in [-0.39, 0.29) is 0 Å². The molecule has 0 spiro atoms. The zero-order valence-electron chi connectivity index (χ0n) is 11.7. The highest BCUT2D eigenvalue weighted by atomic mass is 16.5. The summed E-state index contributed by atoms with van der Waals surface area (Å²) in [6, 6.07) is 14.4. The molecule has 0 aliphatic carbocycles. The first-order valence-electron chi connectivity index (χ1n) is 6.94. The molecule has 0 aromatic heterocycles. The fraction of sp³-hybridized carbons (Fsp3) is 0.312. The Balaban J connectivity index is 1.57. The molecule has 20 heavy (non-hydrogen) atoms. The monoisotopic (exact) mass is 269 g/mol. The summed E-state index contributed by atoms with van der Waals surface area (Å²) in [6.07, 6.45) is 0. The number of benzene rings is 2. The number of ether oxygens (including phenoxy) is 1. The zero-order valence-corrected chi connectivity index (χ0v) is 11.7.